The van der Waals surface area contributed by atoms with E-state index in [1.54, 1.807) is 0 Å². The molecule has 130 valence electrons. The van der Waals surface area contributed by atoms with Gasteiger partial charge in [0, 0.05) is 55.7 Å². The molecule has 2 amide bonds. The molecule has 0 bridgehead atoms. The van der Waals surface area contributed by atoms with Crippen LogP contribution in [-0.2, 0) is 4.79 Å². The van der Waals surface area contributed by atoms with Crippen LogP contribution in [0.3, 0.4) is 0 Å². The van der Waals surface area contributed by atoms with Crippen LogP contribution in [0, 0.1) is 5.92 Å². The Kier molecular flexibility index (Phi) is 4.30. The lowest BCUT2D eigenvalue weighted by molar-refractivity contribution is -0.132. The summed E-state index contributed by atoms with van der Waals surface area (Å²) in [6, 6.07) is 11.7. The van der Waals surface area contributed by atoms with Gasteiger partial charge in [0.15, 0.2) is 0 Å². The van der Waals surface area contributed by atoms with Gasteiger partial charge >= 0.3 is 0 Å². The molecule has 1 aliphatic heterocycles. The van der Waals surface area contributed by atoms with Crippen LogP contribution in [0.25, 0.3) is 5.69 Å². The largest absolute Gasteiger partial charge is 0.341 e. The summed E-state index contributed by atoms with van der Waals surface area (Å²) in [4.78, 5) is 28.8. The number of hydrogen-bond donors (Lipinski definition) is 0. The predicted molar refractivity (Wildman–Crippen MR) is 95.6 cm³/mol. The van der Waals surface area contributed by atoms with Crippen molar-refractivity contribution in [3.63, 3.8) is 0 Å². The minimum Gasteiger partial charge on any atom is -0.341 e. The first kappa shape index (κ1) is 15.9. The van der Waals surface area contributed by atoms with Crippen molar-refractivity contribution >= 4 is 11.8 Å². The quantitative estimate of drug-likeness (QED) is 0.864. The van der Waals surface area contributed by atoms with E-state index in [4.69, 9.17) is 0 Å². The van der Waals surface area contributed by atoms with E-state index >= 15 is 0 Å². The van der Waals surface area contributed by atoms with E-state index in [-0.39, 0.29) is 17.7 Å². The minimum absolute atomic E-state index is 0.0553. The van der Waals surface area contributed by atoms with Gasteiger partial charge in [-0.1, -0.05) is 0 Å². The number of nitrogens with zero attached hydrogens (tertiary/aromatic N) is 3. The van der Waals surface area contributed by atoms with Crippen molar-refractivity contribution in [1.29, 1.82) is 0 Å². The molecule has 1 aromatic heterocycles. The molecule has 2 fully saturated rings. The molecule has 1 saturated heterocycles. The number of aromatic nitrogens is 1. The van der Waals surface area contributed by atoms with Crippen molar-refractivity contribution in [1.82, 2.24) is 14.4 Å². The first-order valence-corrected chi connectivity index (χ1v) is 9.04. The zero-order valence-electron chi connectivity index (χ0n) is 14.3. The molecule has 0 atom stereocenters. The highest BCUT2D eigenvalue weighted by molar-refractivity contribution is 5.94. The topological polar surface area (TPSA) is 45.6 Å². The molecule has 2 aromatic rings. The maximum atomic E-state index is 12.8. The van der Waals surface area contributed by atoms with Gasteiger partial charge in [0.25, 0.3) is 5.91 Å². The molecule has 2 heterocycles. The lowest BCUT2D eigenvalue weighted by Crippen LogP contribution is -2.37. The van der Waals surface area contributed by atoms with Gasteiger partial charge in [-0.25, -0.2) is 0 Å². The Balaban J connectivity index is 1.41. The second-order valence-electron chi connectivity index (χ2n) is 6.88. The standard InChI is InChI=1S/C20H23N3O2/c24-19(16-4-5-16)22-12-3-13-23(15-14-22)20(25)17-6-8-18(9-7-17)21-10-1-2-11-21/h1-2,6-11,16H,3-5,12-15H2. The Morgan fingerprint density at radius 2 is 1.48 bits per heavy atom. The Labute approximate surface area is 147 Å². The van der Waals surface area contributed by atoms with Crippen molar-refractivity contribution in [2.24, 2.45) is 5.92 Å². The average Bonchev–Trinajstić information content (AvgIpc) is 3.41. The third-order valence-electron chi connectivity index (χ3n) is 5.04. The molecule has 0 unspecified atom stereocenters. The zero-order chi connectivity index (χ0) is 17.2. The first-order valence-electron chi connectivity index (χ1n) is 9.04. The molecule has 5 nitrogen and oxygen atoms in total. The summed E-state index contributed by atoms with van der Waals surface area (Å²) in [6.45, 7) is 2.76. The van der Waals surface area contributed by atoms with Crippen LogP contribution in [-0.4, -0.2) is 52.4 Å². The third-order valence-corrected chi connectivity index (χ3v) is 5.04. The Morgan fingerprint density at radius 1 is 0.840 bits per heavy atom. The van der Waals surface area contributed by atoms with Crippen molar-refractivity contribution in [2.45, 2.75) is 19.3 Å². The van der Waals surface area contributed by atoms with Crippen LogP contribution in [0.2, 0.25) is 0 Å². The average molecular weight is 337 g/mol. The zero-order valence-corrected chi connectivity index (χ0v) is 14.3. The molecular weight excluding hydrogens is 314 g/mol. The maximum Gasteiger partial charge on any atom is 0.253 e. The Bertz CT molecular complexity index is 748. The summed E-state index contributed by atoms with van der Waals surface area (Å²) >= 11 is 0. The summed E-state index contributed by atoms with van der Waals surface area (Å²) in [7, 11) is 0. The van der Waals surface area contributed by atoms with Crippen LogP contribution in [0.1, 0.15) is 29.6 Å². The molecule has 25 heavy (non-hydrogen) atoms. The first-order chi connectivity index (χ1) is 12.2. The summed E-state index contributed by atoms with van der Waals surface area (Å²) < 4.78 is 2.02. The molecule has 1 aromatic carbocycles. The summed E-state index contributed by atoms with van der Waals surface area (Å²) in [5.74, 6) is 0.591. The summed E-state index contributed by atoms with van der Waals surface area (Å²) in [5, 5.41) is 0. The van der Waals surface area contributed by atoms with E-state index in [1.165, 1.54) is 0 Å². The predicted octanol–water partition coefficient (Wildman–Crippen LogP) is 2.56. The highest BCUT2D eigenvalue weighted by Gasteiger charge is 2.34. The molecule has 2 aliphatic rings. The summed E-state index contributed by atoms with van der Waals surface area (Å²) in [6.07, 6.45) is 6.89. The number of rotatable bonds is 3. The van der Waals surface area contributed by atoms with Crippen molar-refractivity contribution in [2.75, 3.05) is 26.2 Å². The number of benzene rings is 1. The van der Waals surface area contributed by atoms with Gasteiger partial charge in [-0.2, -0.15) is 0 Å². The smallest absolute Gasteiger partial charge is 0.253 e. The fraction of sp³-hybridized carbons (Fsp3) is 0.400. The van der Waals surface area contributed by atoms with Crippen molar-refractivity contribution in [3.8, 4) is 5.69 Å². The Morgan fingerprint density at radius 3 is 2.16 bits per heavy atom. The fourth-order valence-electron chi connectivity index (χ4n) is 3.39. The second-order valence-corrected chi connectivity index (χ2v) is 6.88. The second kappa shape index (κ2) is 6.75. The van der Waals surface area contributed by atoms with Gasteiger partial charge in [0.1, 0.15) is 0 Å². The molecule has 1 aliphatic carbocycles. The van der Waals surface area contributed by atoms with Crippen LogP contribution in [0.15, 0.2) is 48.8 Å². The van der Waals surface area contributed by atoms with E-state index in [1.807, 2.05) is 63.2 Å². The van der Waals surface area contributed by atoms with E-state index in [9.17, 15) is 9.59 Å². The molecule has 4 rings (SSSR count). The highest BCUT2D eigenvalue weighted by atomic mass is 16.2. The molecule has 0 N–H and O–H groups in total. The normalized spacial score (nSPS) is 18.1. The SMILES string of the molecule is O=C(c1ccc(-n2cccc2)cc1)N1CCCN(C(=O)C2CC2)CC1. The number of carbonyl (C=O) groups is 2. The lowest BCUT2D eigenvalue weighted by Gasteiger charge is -2.22. The van der Waals surface area contributed by atoms with Crippen LogP contribution < -0.4 is 0 Å². The van der Waals surface area contributed by atoms with E-state index < -0.39 is 0 Å². The van der Waals surface area contributed by atoms with Gasteiger partial charge in [-0.3, -0.25) is 9.59 Å². The number of hydrogen-bond acceptors (Lipinski definition) is 2. The fourth-order valence-corrected chi connectivity index (χ4v) is 3.39. The van der Waals surface area contributed by atoms with Crippen LogP contribution in [0.4, 0.5) is 0 Å². The van der Waals surface area contributed by atoms with Gasteiger partial charge in [-0.15, -0.1) is 0 Å². The summed E-state index contributed by atoms with van der Waals surface area (Å²) in [5.41, 5.74) is 1.75. The van der Waals surface area contributed by atoms with Crippen molar-refractivity contribution < 1.29 is 9.59 Å². The highest BCUT2D eigenvalue weighted by Crippen LogP contribution is 2.31. The Hall–Kier alpha value is -2.56. The molecule has 0 spiro atoms. The van der Waals surface area contributed by atoms with E-state index in [0.717, 1.165) is 31.5 Å². The molecule has 5 heteroatoms. The number of amides is 2. The number of carbonyl (C=O) groups excluding carboxylic acids is 2. The maximum absolute atomic E-state index is 12.8. The monoisotopic (exact) mass is 337 g/mol. The van der Waals surface area contributed by atoms with E-state index in [0.29, 0.717) is 25.2 Å². The van der Waals surface area contributed by atoms with Gasteiger partial charge in [-0.05, 0) is 55.7 Å². The van der Waals surface area contributed by atoms with Gasteiger partial charge in [0.2, 0.25) is 5.91 Å². The molecule has 0 radical (unpaired) electrons. The van der Waals surface area contributed by atoms with Gasteiger partial charge in [0.05, 0.1) is 0 Å². The van der Waals surface area contributed by atoms with Crippen molar-refractivity contribution in [3.05, 3.63) is 54.4 Å². The molecular formula is C20H23N3O2. The van der Waals surface area contributed by atoms with Crippen LogP contribution in [0.5, 0.6) is 0 Å². The minimum atomic E-state index is 0.0553. The van der Waals surface area contributed by atoms with E-state index in [2.05, 4.69) is 0 Å². The van der Waals surface area contributed by atoms with Crippen LogP contribution >= 0.6 is 0 Å². The molecule has 1 saturated carbocycles. The van der Waals surface area contributed by atoms with Gasteiger partial charge < -0.3 is 14.4 Å². The lowest BCUT2D eigenvalue weighted by atomic mass is 10.1. The third kappa shape index (κ3) is 3.45.